The van der Waals surface area contributed by atoms with Crippen LogP contribution in [0, 0.1) is 5.92 Å². The lowest BCUT2D eigenvalue weighted by atomic mass is 9.96. The summed E-state index contributed by atoms with van der Waals surface area (Å²) in [4.78, 5) is 0. The van der Waals surface area contributed by atoms with Gasteiger partial charge in [0, 0.05) is 6.04 Å². The SMILES string of the molecule is C/C(=C/C(C)C)C1CCCCN1. The van der Waals surface area contributed by atoms with E-state index in [1.165, 1.54) is 31.4 Å². The van der Waals surface area contributed by atoms with Crippen molar-refractivity contribution in [2.24, 2.45) is 5.92 Å². The maximum absolute atomic E-state index is 3.56. The van der Waals surface area contributed by atoms with Gasteiger partial charge in [-0.2, -0.15) is 0 Å². The molecule has 0 spiro atoms. The molecule has 0 amide bonds. The zero-order chi connectivity index (χ0) is 8.97. The normalized spacial score (nSPS) is 26.3. The minimum Gasteiger partial charge on any atom is -0.310 e. The summed E-state index contributed by atoms with van der Waals surface area (Å²) < 4.78 is 0. The van der Waals surface area contributed by atoms with Gasteiger partial charge in [0.2, 0.25) is 0 Å². The molecule has 1 atom stereocenters. The van der Waals surface area contributed by atoms with Gasteiger partial charge in [-0.15, -0.1) is 0 Å². The van der Waals surface area contributed by atoms with Gasteiger partial charge in [-0.3, -0.25) is 0 Å². The lowest BCUT2D eigenvalue weighted by Crippen LogP contribution is -2.34. The fraction of sp³-hybridized carbons (Fsp3) is 0.818. The zero-order valence-electron chi connectivity index (χ0n) is 8.56. The third-order valence-electron chi connectivity index (χ3n) is 2.46. The zero-order valence-corrected chi connectivity index (χ0v) is 8.56. The first-order chi connectivity index (χ1) is 5.70. The first-order valence-corrected chi connectivity index (χ1v) is 5.12. The molecule has 1 saturated heterocycles. The number of allylic oxidation sites excluding steroid dienone is 1. The van der Waals surface area contributed by atoms with E-state index in [0.717, 1.165) is 0 Å². The fourth-order valence-electron chi connectivity index (χ4n) is 1.88. The Balaban J connectivity index is 2.44. The molecule has 1 nitrogen and oxygen atoms in total. The van der Waals surface area contributed by atoms with Crippen molar-refractivity contribution >= 4 is 0 Å². The molecule has 0 saturated carbocycles. The molecule has 0 aromatic heterocycles. The summed E-state index contributed by atoms with van der Waals surface area (Å²) in [6, 6.07) is 0.668. The van der Waals surface area contributed by atoms with Gasteiger partial charge in [-0.25, -0.2) is 0 Å². The highest BCUT2D eigenvalue weighted by atomic mass is 14.9. The molecule has 0 aromatic rings. The molecule has 0 radical (unpaired) electrons. The molecule has 1 aliphatic rings. The van der Waals surface area contributed by atoms with Crippen LogP contribution in [-0.2, 0) is 0 Å². The Kier molecular flexibility index (Phi) is 3.80. The molecule has 1 fully saturated rings. The van der Waals surface area contributed by atoms with Gasteiger partial charge in [-0.05, 0) is 32.2 Å². The predicted molar refractivity (Wildman–Crippen MR) is 54.2 cm³/mol. The van der Waals surface area contributed by atoms with Gasteiger partial charge in [0.15, 0.2) is 0 Å². The first kappa shape index (κ1) is 9.79. The summed E-state index contributed by atoms with van der Waals surface area (Å²) >= 11 is 0. The van der Waals surface area contributed by atoms with E-state index >= 15 is 0 Å². The second kappa shape index (κ2) is 4.66. The molecule has 1 unspecified atom stereocenters. The Labute approximate surface area is 76.2 Å². The third-order valence-corrected chi connectivity index (χ3v) is 2.46. The number of rotatable bonds is 2. The second-order valence-corrected chi connectivity index (χ2v) is 4.16. The summed E-state index contributed by atoms with van der Waals surface area (Å²) in [5, 5.41) is 3.56. The molecule has 1 heterocycles. The Bertz CT molecular complexity index is 152. The minimum atomic E-state index is 0.668. The van der Waals surface area contributed by atoms with Gasteiger partial charge >= 0.3 is 0 Å². The third kappa shape index (κ3) is 2.98. The number of hydrogen-bond donors (Lipinski definition) is 1. The highest BCUT2D eigenvalue weighted by Gasteiger charge is 2.13. The minimum absolute atomic E-state index is 0.668. The summed E-state index contributed by atoms with van der Waals surface area (Å²) in [6.45, 7) is 7.94. The van der Waals surface area contributed by atoms with Gasteiger partial charge in [-0.1, -0.05) is 31.9 Å². The van der Waals surface area contributed by atoms with E-state index in [1.807, 2.05) is 0 Å². The summed E-state index contributed by atoms with van der Waals surface area (Å²) in [5.41, 5.74) is 1.53. The van der Waals surface area contributed by atoms with Crippen LogP contribution in [0.3, 0.4) is 0 Å². The van der Waals surface area contributed by atoms with E-state index < -0.39 is 0 Å². The summed E-state index contributed by atoms with van der Waals surface area (Å²) in [7, 11) is 0. The number of hydrogen-bond acceptors (Lipinski definition) is 1. The maximum Gasteiger partial charge on any atom is 0.0276 e. The Hall–Kier alpha value is -0.300. The van der Waals surface area contributed by atoms with E-state index in [1.54, 1.807) is 0 Å². The van der Waals surface area contributed by atoms with Crippen LogP contribution in [0.2, 0.25) is 0 Å². The molecule has 70 valence electrons. The van der Waals surface area contributed by atoms with Crippen LogP contribution in [0.4, 0.5) is 0 Å². The summed E-state index contributed by atoms with van der Waals surface area (Å²) in [5.74, 6) is 0.689. The average molecular weight is 167 g/mol. The van der Waals surface area contributed by atoms with E-state index in [-0.39, 0.29) is 0 Å². The van der Waals surface area contributed by atoms with Gasteiger partial charge in [0.05, 0.1) is 0 Å². The van der Waals surface area contributed by atoms with Crippen LogP contribution in [0.15, 0.2) is 11.6 Å². The molecule has 1 rings (SSSR count). The Morgan fingerprint density at radius 3 is 2.67 bits per heavy atom. The molecule has 1 aliphatic heterocycles. The molecular formula is C11H21N. The van der Waals surface area contributed by atoms with E-state index in [9.17, 15) is 0 Å². The van der Waals surface area contributed by atoms with Gasteiger partial charge < -0.3 is 5.32 Å². The fourth-order valence-corrected chi connectivity index (χ4v) is 1.88. The van der Waals surface area contributed by atoms with Gasteiger partial charge in [0.1, 0.15) is 0 Å². The lowest BCUT2D eigenvalue weighted by molar-refractivity contribution is 0.438. The molecular weight excluding hydrogens is 146 g/mol. The average Bonchev–Trinajstić information content (AvgIpc) is 2.05. The number of nitrogens with one attached hydrogen (secondary N) is 1. The largest absolute Gasteiger partial charge is 0.310 e. The molecule has 12 heavy (non-hydrogen) atoms. The maximum atomic E-state index is 3.56. The smallest absolute Gasteiger partial charge is 0.0276 e. The first-order valence-electron chi connectivity index (χ1n) is 5.12. The van der Waals surface area contributed by atoms with Crippen molar-refractivity contribution < 1.29 is 0 Å². The molecule has 0 bridgehead atoms. The van der Waals surface area contributed by atoms with Crippen LogP contribution in [0.5, 0.6) is 0 Å². The Morgan fingerprint density at radius 1 is 1.42 bits per heavy atom. The van der Waals surface area contributed by atoms with Crippen LogP contribution in [0.25, 0.3) is 0 Å². The van der Waals surface area contributed by atoms with Crippen LogP contribution < -0.4 is 5.32 Å². The highest BCUT2D eigenvalue weighted by Crippen LogP contribution is 2.15. The quantitative estimate of drug-likeness (QED) is 0.624. The molecule has 1 N–H and O–H groups in total. The number of piperidine rings is 1. The van der Waals surface area contributed by atoms with E-state index in [2.05, 4.69) is 32.2 Å². The predicted octanol–water partition coefficient (Wildman–Crippen LogP) is 2.73. The van der Waals surface area contributed by atoms with Crippen molar-refractivity contribution in [3.63, 3.8) is 0 Å². The van der Waals surface area contributed by atoms with Crippen LogP contribution in [0.1, 0.15) is 40.0 Å². The lowest BCUT2D eigenvalue weighted by Gasteiger charge is -2.24. The van der Waals surface area contributed by atoms with Crippen LogP contribution >= 0.6 is 0 Å². The highest BCUT2D eigenvalue weighted by molar-refractivity contribution is 5.09. The van der Waals surface area contributed by atoms with Crippen molar-refractivity contribution in [3.05, 3.63) is 11.6 Å². The topological polar surface area (TPSA) is 12.0 Å². The standard InChI is InChI=1S/C11H21N/c1-9(2)8-10(3)11-6-4-5-7-12-11/h8-9,11-12H,4-7H2,1-3H3/b10-8-. The second-order valence-electron chi connectivity index (χ2n) is 4.16. The Morgan fingerprint density at radius 2 is 2.17 bits per heavy atom. The van der Waals surface area contributed by atoms with Crippen molar-refractivity contribution in [1.82, 2.24) is 5.32 Å². The molecule has 1 heteroatoms. The van der Waals surface area contributed by atoms with Crippen molar-refractivity contribution in [2.75, 3.05) is 6.54 Å². The van der Waals surface area contributed by atoms with Crippen LogP contribution in [-0.4, -0.2) is 12.6 Å². The van der Waals surface area contributed by atoms with Crippen molar-refractivity contribution in [3.8, 4) is 0 Å². The monoisotopic (exact) mass is 167 g/mol. The van der Waals surface area contributed by atoms with Crippen molar-refractivity contribution in [1.29, 1.82) is 0 Å². The van der Waals surface area contributed by atoms with E-state index in [4.69, 9.17) is 0 Å². The van der Waals surface area contributed by atoms with Gasteiger partial charge in [0.25, 0.3) is 0 Å². The molecule has 0 aromatic carbocycles. The summed E-state index contributed by atoms with van der Waals surface area (Å²) in [6.07, 6.45) is 6.45. The molecule has 0 aliphatic carbocycles. The van der Waals surface area contributed by atoms with E-state index in [0.29, 0.717) is 12.0 Å². The van der Waals surface area contributed by atoms with Crippen molar-refractivity contribution in [2.45, 2.75) is 46.1 Å².